The van der Waals surface area contributed by atoms with Crippen LogP contribution in [-0.4, -0.2) is 27.2 Å². The van der Waals surface area contributed by atoms with Gasteiger partial charge in [0.2, 0.25) is 0 Å². The average Bonchev–Trinajstić information content (AvgIpc) is 2.80. The van der Waals surface area contributed by atoms with Crippen LogP contribution < -0.4 is 0 Å². The molecule has 4 aliphatic carbocycles. The first-order valence-electron chi connectivity index (χ1n) is 8.71. The van der Waals surface area contributed by atoms with Crippen LogP contribution in [0.2, 0.25) is 0 Å². The maximum Gasteiger partial charge on any atom is 0.178 e. The first-order chi connectivity index (χ1) is 10.8. The molecule has 0 aromatic carbocycles. The molecule has 0 bridgehead atoms. The minimum absolute atomic E-state index is 0.0219. The summed E-state index contributed by atoms with van der Waals surface area (Å²) in [7, 11) is 0. The molecule has 23 heavy (non-hydrogen) atoms. The molecule has 3 saturated carbocycles. The first-order valence-corrected chi connectivity index (χ1v) is 8.71. The predicted octanol–water partition coefficient (Wildman–Crippen LogP) is 2.38. The van der Waals surface area contributed by atoms with Crippen molar-refractivity contribution in [1.29, 1.82) is 0 Å². The third kappa shape index (κ3) is 1.77. The van der Waals surface area contributed by atoms with E-state index in [9.17, 15) is 15.0 Å². The first kappa shape index (κ1) is 15.2. The Hall–Kier alpha value is -1.37. The molecule has 0 aromatic rings. The molecule has 3 heteroatoms. The quantitative estimate of drug-likeness (QED) is 0.675. The lowest BCUT2D eigenvalue weighted by molar-refractivity contribution is -0.117. The summed E-state index contributed by atoms with van der Waals surface area (Å²) in [5.74, 6) is 3.48. The Bertz CT molecular complexity index is 669. The highest BCUT2D eigenvalue weighted by molar-refractivity contribution is 6.01. The highest BCUT2D eigenvalue weighted by Gasteiger charge is 2.63. The number of terminal acetylenes is 1. The molecule has 0 amide bonds. The van der Waals surface area contributed by atoms with Crippen LogP contribution in [0.25, 0.3) is 0 Å². The zero-order chi connectivity index (χ0) is 16.5. The maximum absolute atomic E-state index is 11.6. The Morgan fingerprint density at radius 2 is 1.96 bits per heavy atom. The number of rotatable bonds is 0. The summed E-state index contributed by atoms with van der Waals surface area (Å²) < 4.78 is 0. The Kier molecular flexibility index (Phi) is 3.03. The number of carbonyl (C=O) groups is 1. The molecule has 4 rings (SSSR count). The van der Waals surface area contributed by atoms with Crippen molar-refractivity contribution in [2.45, 2.75) is 56.7 Å². The van der Waals surface area contributed by atoms with E-state index in [1.54, 1.807) is 12.2 Å². The van der Waals surface area contributed by atoms with Gasteiger partial charge in [0.15, 0.2) is 5.78 Å². The molecule has 0 aromatic heterocycles. The van der Waals surface area contributed by atoms with Gasteiger partial charge in [0.25, 0.3) is 0 Å². The van der Waals surface area contributed by atoms with E-state index in [2.05, 4.69) is 12.8 Å². The smallest absolute Gasteiger partial charge is 0.178 e. The molecular formula is C20H24O3. The Balaban J connectivity index is 1.72. The largest absolute Gasteiger partial charge is 0.381 e. The SMILES string of the molecule is C#CC1(O)CCC2C3CCC4=CC(=O)C=CC4(O)C3CCC21C. The summed E-state index contributed by atoms with van der Waals surface area (Å²) >= 11 is 0. The van der Waals surface area contributed by atoms with E-state index in [-0.39, 0.29) is 17.1 Å². The van der Waals surface area contributed by atoms with Gasteiger partial charge in [-0.25, -0.2) is 0 Å². The van der Waals surface area contributed by atoms with E-state index in [1.165, 1.54) is 6.08 Å². The Labute approximate surface area is 137 Å². The van der Waals surface area contributed by atoms with Crippen molar-refractivity contribution in [3.8, 4) is 12.3 Å². The van der Waals surface area contributed by atoms with Gasteiger partial charge in [-0.1, -0.05) is 12.8 Å². The topological polar surface area (TPSA) is 57.5 Å². The number of hydrogen-bond acceptors (Lipinski definition) is 3. The average molecular weight is 312 g/mol. The minimum Gasteiger partial charge on any atom is -0.381 e. The summed E-state index contributed by atoms with van der Waals surface area (Å²) in [4.78, 5) is 11.6. The number of aliphatic hydroxyl groups is 2. The van der Waals surface area contributed by atoms with Crippen LogP contribution in [0.3, 0.4) is 0 Å². The zero-order valence-electron chi connectivity index (χ0n) is 13.6. The van der Waals surface area contributed by atoms with Crippen molar-refractivity contribution in [3.05, 3.63) is 23.8 Å². The van der Waals surface area contributed by atoms with Gasteiger partial charge in [0.05, 0.1) is 0 Å². The lowest BCUT2D eigenvalue weighted by atomic mass is 9.50. The summed E-state index contributed by atoms with van der Waals surface area (Å²) in [6, 6.07) is 0. The molecule has 3 nitrogen and oxygen atoms in total. The lowest BCUT2D eigenvalue weighted by Crippen LogP contribution is -2.56. The molecule has 0 radical (unpaired) electrons. The molecule has 4 aliphatic rings. The van der Waals surface area contributed by atoms with Crippen LogP contribution >= 0.6 is 0 Å². The van der Waals surface area contributed by atoms with Gasteiger partial charge in [-0.3, -0.25) is 4.79 Å². The number of fused-ring (bicyclic) bond motifs is 5. The van der Waals surface area contributed by atoms with Crippen LogP contribution in [0, 0.1) is 35.5 Å². The second kappa shape index (κ2) is 4.59. The Morgan fingerprint density at radius 1 is 1.22 bits per heavy atom. The van der Waals surface area contributed by atoms with Crippen molar-refractivity contribution in [1.82, 2.24) is 0 Å². The van der Waals surface area contributed by atoms with Crippen molar-refractivity contribution in [3.63, 3.8) is 0 Å². The Morgan fingerprint density at radius 3 is 2.70 bits per heavy atom. The predicted molar refractivity (Wildman–Crippen MR) is 87.2 cm³/mol. The maximum atomic E-state index is 11.6. The number of allylic oxidation sites excluding steroid dienone is 2. The number of hydrogen-bond donors (Lipinski definition) is 2. The molecule has 6 unspecified atom stereocenters. The second-order valence-corrected chi connectivity index (χ2v) is 8.15. The van der Waals surface area contributed by atoms with Crippen LogP contribution in [-0.2, 0) is 4.79 Å². The fourth-order valence-electron chi connectivity index (χ4n) is 6.10. The summed E-state index contributed by atoms with van der Waals surface area (Å²) in [5, 5.41) is 22.2. The third-order valence-corrected chi connectivity index (χ3v) is 7.47. The van der Waals surface area contributed by atoms with Gasteiger partial charge < -0.3 is 10.2 Å². The van der Waals surface area contributed by atoms with Crippen molar-refractivity contribution < 1.29 is 15.0 Å². The second-order valence-electron chi connectivity index (χ2n) is 8.15. The van der Waals surface area contributed by atoms with Gasteiger partial charge in [0, 0.05) is 5.41 Å². The van der Waals surface area contributed by atoms with Crippen LogP contribution in [0.4, 0.5) is 0 Å². The van der Waals surface area contributed by atoms with Crippen LogP contribution in [0.1, 0.15) is 45.4 Å². The molecule has 6 atom stereocenters. The van der Waals surface area contributed by atoms with E-state index < -0.39 is 11.2 Å². The van der Waals surface area contributed by atoms with E-state index >= 15 is 0 Å². The molecule has 122 valence electrons. The van der Waals surface area contributed by atoms with Crippen LogP contribution in [0.15, 0.2) is 23.8 Å². The number of carbonyl (C=O) groups excluding carboxylic acids is 1. The van der Waals surface area contributed by atoms with Crippen molar-refractivity contribution in [2.75, 3.05) is 0 Å². The zero-order valence-corrected chi connectivity index (χ0v) is 13.6. The van der Waals surface area contributed by atoms with E-state index in [1.807, 2.05) is 0 Å². The third-order valence-electron chi connectivity index (χ3n) is 7.47. The summed E-state index contributed by atoms with van der Waals surface area (Å²) in [6.07, 6.45) is 15.5. The molecule has 0 aliphatic heterocycles. The summed E-state index contributed by atoms with van der Waals surface area (Å²) in [6.45, 7) is 2.14. The fraction of sp³-hybridized carbons (Fsp3) is 0.650. The van der Waals surface area contributed by atoms with E-state index in [0.29, 0.717) is 18.3 Å². The molecule has 3 fully saturated rings. The highest BCUT2D eigenvalue weighted by Crippen LogP contribution is 2.64. The lowest BCUT2D eigenvalue weighted by Gasteiger charge is -2.56. The van der Waals surface area contributed by atoms with E-state index in [0.717, 1.165) is 37.7 Å². The minimum atomic E-state index is -1.01. The summed E-state index contributed by atoms with van der Waals surface area (Å²) in [5.41, 5.74) is -1.37. The van der Waals surface area contributed by atoms with Crippen LogP contribution in [0.5, 0.6) is 0 Å². The normalized spacial score (nSPS) is 51.3. The standard InChI is InChI=1S/C20H24O3/c1-3-19(22)10-8-16-15-5-4-13-12-14(21)6-11-20(13,23)17(15)7-9-18(16,19)2/h1,6,11-12,15-17,22-23H,4-5,7-10H2,2H3. The van der Waals surface area contributed by atoms with Gasteiger partial charge in [-0.05, 0) is 80.1 Å². The van der Waals surface area contributed by atoms with Gasteiger partial charge in [-0.15, -0.1) is 6.42 Å². The molecule has 0 saturated heterocycles. The van der Waals surface area contributed by atoms with Crippen molar-refractivity contribution in [2.24, 2.45) is 23.2 Å². The van der Waals surface area contributed by atoms with Gasteiger partial charge in [-0.2, -0.15) is 0 Å². The number of ketones is 1. The van der Waals surface area contributed by atoms with E-state index in [4.69, 9.17) is 6.42 Å². The van der Waals surface area contributed by atoms with Crippen molar-refractivity contribution >= 4 is 5.78 Å². The molecular weight excluding hydrogens is 288 g/mol. The highest BCUT2D eigenvalue weighted by atomic mass is 16.3. The van der Waals surface area contributed by atoms with Gasteiger partial charge in [0.1, 0.15) is 11.2 Å². The molecule has 0 heterocycles. The van der Waals surface area contributed by atoms with Gasteiger partial charge >= 0.3 is 0 Å². The molecule has 0 spiro atoms. The monoisotopic (exact) mass is 312 g/mol. The molecule has 2 N–H and O–H groups in total. The fourth-order valence-corrected chi connectivity index (χ4v) is 6.10.